The zero-order chi connectivity index (χ0) is 27.0. The molecule has 1 saturated heterocycles. The third-order valence-electron chi connectivity index (χ3n) is 5.60. The number of rotatable bonds is 9. The van der Waals surface area contributed by atoms with E-state index in [1.807, 2.05) is 6.07 Å². The number of fused-ring (bicyclic) bond motifs is 1. The molecular weight excluding hydrogens is 592 g/mol. The molecule has 2 aliphatic rings. The molecule has 3 atom stereocenters. The van der Waals surface area contributed by atoms with E-state index < -0.39 is 34.4 Å². The van der Waals surface area contributed by atoms with Gasteiger partial charge in [0.05, 0.1) is 5.69 Å². The molecule has 0 aliphatic carbocycles. The smallest absolute Gasteiger partial charge is 0.352 e. The average Bonchev–Trinajstić information content (AvgIpc) is 3.51. The molecule has 0 saturated carbocycles. The summed E-state index contributed by atoms with van der Waals surface area (Å²) in [6.45, 7) is 0. The fourth-order valence-electron chi connectivity index (χ4n) is 3.86. The van der Waals surface area contributed by atoms with Gasteiger partial charge in [-0.05, 0) is 34.2 Å². The lowest BCUT2D eigenvalue weighted by molar-refractivity contribution is -0.150. The van der Waals surface area contributed by atoms with Crippen LogP contribution in [0.4, 0.5) is 5.13 Å². The lowest BCUT2D eigenvalue weighted by Gasteiger charge is -2.49. The van der Waals surface area contributed by atoms with E-state index in [1.165, 1.54) is 56.2 Å². The number of hydrogen-bond acceptors (Lipinski definition) is 12. The number of tetrazole rings is 1. The lowest BCUT2D eigenvalue weighted by Crippen LogP contribution is -2.70. The summed E-state index contributed by atoms with van der Waals surface area (Å²) in [5, 5.41) is 25.7. The molecule has 38 heavy (non-hydrogen) atoms. The van der Waals surface area contributed by atoms with Crippen molar-refractivity contribution in [3.8, 4) is 0 Å². The normalized spacial score (nSPS) is 19.6. The van der Waals surface area contributed by atoms with Gasteiger partial charge in [0.2, 0.25) is 11.1 Å². The third kappa shape index (κ3) is 5.36. The zero-order valence-corrected chi connectivity index (χ0v) is 23.5. The molecule has 2 amide bonds. The number of carboxylic acid groups (broad SMARTS) is 1. The number of nitrogen functional groups attached to an aromatic ring is 1. The van der Waals surface area contributed by atoms with Gasteiger partial charge in [0.25, 0.3) is 5.91 Å². The van der Waals surface area contributed by atoms with Crippen molar-refractivity contribution in [2.75, 3.05) is 17.2 Å². The molecule has 5 rings (SSSR count). The van der Waals surface area contributed by atoms with Gasteiger partial charge in [-0.25, -0.2) is 14.5 Å². The third-order valence-corrected chi connectivity index (χ3v) is 10.2. The summed E-state index contributed by atoms with van der Waals surface area (Å²) in [4.78, 5) is 45.0. The molecule has 2 aromatic heterocycles. The molecule has 198 valence electrons. The van der Waals surface area contributed by atoms with Crippen molar-refractivity contribution in [3.05, 3.63) is 51.6 Å². The number of benzene rings is 1. The molecule has 0 radical (unpaired) electrons. The summed E-state index contributed by atoms with van der Waals surface area (Å²) >= 11 is 11.2. The molecular formula is C21H19ClN8O4S4. The predicted octanol–water partition coefficient (Wildman–Crippen LogP) is 2.27. The molecule has 4 heterocycles. The number of aromatic nitrogens is 5. The van der Waals surface area contributed by atoms with Crippen LogP contribution in [0, 0.1) is 0 Å². The van der Waals surface area contributed by atoms with E-state index in [2.05, 4.69) is 25.8 Å². The van der Waals surface area contributed by atoms with Crippen LogP contribution >= 0.6 is 58.2 Å². The number of nitrogens with one attached hydrogen (secondary N) is 1. The number of thiazole rings is 1. The Morgan fingerprint density at radius 3 is 2.87 bits per heavy atom. The summed E-state index contributed by atoms with van der Waals surface area (Å²) in [5.74, 6) is -1.44. The van der Waals surface area contributed by atoms with Gasteiger partial charge in [-0.1, -0.05) is 29.4 Å². The number of nitrogens with two attached hydrogens (primary N) is 1. The fraction of sp³-hybridized carbons (Fsp3) is 0.286. The highest BCUT2D eigenvalue weighted by atomic mass is 35.5. The second-order valence-electron chi connectivity index (χ2n) is 8.09. The van der Waals surface area contributed by atoms with E-state index in [1.54, 1.807) is 30.6 Å². The highest BCUT2D eigenvalue weighted by molar-refractivity contribution is 8.01. The Morgan fingerprint density at radius 1 is 1.39 bits per heavy atom. The molecule has 2 aliphatic heterocycles. The molecule has 17 heteroatoms. The van der Waals surface area contributed by atoms with Crippen LogP contribution < -0.4 is 11.1 Å². The van der Waals surface area contributed by atoms with Gasteiger partial charge in [0, 0.05) is 33.9 Å². The van der Waals surface area contributed by atoms with Crippen LogP contribution in [0.3, 0.4) is 0 Å². The monoisotopic (exact) mass is 610 g/mol. The first kappa shape index (κ1) is 26.8. The number of anilines is 1. The van der Waals surface area contributed by atoms with Gasteiger partial charge in [-0.3, -0.25) is 14.5 Å². The second kappa shape index (κ2) is 11.1. The number of hydrogen-bond donors (Lipinski definition) is 3. The molecule has 4 N–H and O–H groups in total. The van der Waals surface area contributed by atoms with Crippen molar-refractivity contribution in [2.45, 2.75) is 26.7 Å². The molecule has 0 bridgehead atoms. The van der Waals surface area contributed by atoms with Crippen molar-refractivity contribution in [1.82, 2.24) is 35.4 Å². The fourth-order valence-corrected chi connectivity index (χ4v) is 8.17. The number of amides is 2. The minimum Gasteiger partial charge on any atom is -0.477 e. The summed E-state index contributed by atoms with van der Waals surface area (Å²) in [6, 6.07) is 6.18. The van der Waals surface area contributed by atoms with Crippen molar-refractivity contribution < 1.29 is 19.5 Å². The zero-order valence-electron chi connectivity index (χ0n) is 19.5. The van der Waals surface area contributed by atoms with Crippen molar-refractivity contribution >= 4 is 81.1 Å². The summed E-state index contributed by atoms with van der Waals surface area (Å²) in [5.41, 5.74) is 6.78. The Balaban J connectivity index is 1.32. The van der Waals surface area contributed by atoms with Gasteiger partial charge < -0.3 is 16.2 Å². The van der Waals surface area contributed by atoms with E-state index >= 15 is 0 Å². The van der Waals surface area contributed by atoms with Gasteiger partial charge >= 0.3 is 5.97 Å². The van der Waals surface area contributed by atoms with Gasteiger partial charge in [-0.15, -0.1) is 40.0 Å². The Kier molecular flexibility index (Phi) is 7.85. The quantitative estimate of drug-likeness (QED) is 0.239. The summed E-state index contributed by atoms with van der Waals surface area (Å²) < 4.78 is 1.48. The molecule has 2 unspecified atom stereocenters. The van der Waals surface area contributed by atoms with Crippen LogP contribution in [0.15, 0.2) is 51.0 Å². The number of halogens is 1. The van der Waals surface area contributed by atoms with Crippen LogP contribution in [0.25, 0.3) is 0 Å². The standard InChI is InChI=1S/C21H19ClN8O4S4/c1-29-21(26-27-28-29)37-7-9-6-35-18-13(17(32)30(18)14(9)19(33)34)25-16(31)15(12-8-36-20(23)24-12)38-11-4-2-3-10(22)5-11/h2-5,8,13,15,18H,6-7H2,1H3,(H2,23,24)(H,25,31)(H,33,34)/t13?,15?,18-/m0/s1. The van der Waals surface area contributed by atoms with Crippen molar-refractivity contribution in [1.29, 1.82) is 0 Å². The first-order valence-electron chi connectivity index (χ1n) is 10.9. The van der Waals surface area contributed by atoms with E-state index in [4.69, 9.17) is 17.3 Å². The number of β-lactam (4-membered cyclic amide) rings is 1. The number of aliphatic carboxylic acids is 1. The van der Waals surface area contributed by atoms with E-state index in [9.17, 15) is 19.5 Å². The first-order chi connectivity index (χ1) is 18.2. The topological polar surface area (TPSA) is 169 Å². The lowest BCUT2D eigenvalue weighted by atomic mass is 10.0. The van der Waals surface area contributed by atoms with Gasteiger partial charge in [-0.2, -0.15) is 0 Å². The first-order valence-corrected chi connectivity index (χ1v) is 15.1. The van der Waals surface area contributed by atoms with Crippen LogP contribution in [0.1, 0.15) is 10.9 Å². The van der Waals surface area contributed by atoms with E-state index in [-0.39, 0.29) is 5.70 Å². The maximum atomic E-state index is 13.4. The van der Waals surface area contributed by atoms with Crippen LogP contribution in [0.2, 0.25) is 5.02 Å². The molecule has 3 aromatic rings. The Labute approximate surface area is 237 Å². The summed E-state index contributed by atoms with van der Waals surface area (Å²) in [6.07, 6.45) is 0. The van der Waals surface area contributed by atoms with E-state index in [0.29, 0.717) is 38.1 Å². The van der Waals surface area contributed by atoms with Crippen LogP contribution in [-0.4, -0.2) is 75.9 Å². The Hall–Kier alpha value is -2.79. The second-order valence-corrected chi connectivity index (χ2v) is 12.6. The van der Waals surface area contributed by atoms with Gasteiger partial charge in [0.15, 0.2) is 5.13 Å². The number of carboxylic acids is 1. The maximum Gasteiger partial charge on any atom is 0.352 e. The highest BCUT2D eigenvalue weighted by Crippen LogP contribution is 2.43. The number of carbonyl (C=O) groups excluding carboxylic acids is 2. The number of carbonyl (C=O) groups is 3. The highest BCUT2D eigenvalue weighted by Gasteiger charge is 2.54. The van der Waals surface area contributed by atoms with Gasteiger partial charge in [0.1, 0.15) is 22.4 Å². The minimum atomic E-state index is -1.20. The molecule has 0 spiro atoms. The molecule has 1 fully saturated rings. The Morgan fingerprint density at radius 2 is 2.21 bits per heavy atom. The maximum absolute atomic E-state index is 13.4. The largest absolute Gasteiger partial charge is 0.477 e. The average molecular weight is 611 g/mol. The van der Waals surface area contributed by atoms with Crippen LogP contribution in [0.5, 0.6) is 0 Å². The van der Waals surface area contributed by atoms with E-state index in [0.717, 1.165) is 4.90 Å². The van der Waals surface area contributed by atoms with Crippen molar-refractivity contribution in [2.24, 2.45) is 7.05 Å². The molecule has 1 aromatic carbocycles. The number of nitrogens with zero attached hydrogens (tertiary/aromatic N) is 6. The van der Waals surface area contributed by atoms with Crippen LogP contribution in [-0.2, 0) is 21.4 Å². The van der Waals surface area contributed by atoms with Crippen molar-refractivity contribution in [3.63, 3.8) is 0 Å². The number of thioether (sulfide) groups is 3. The SMILES string of the molecule is Cn1nnnc1SCC1=C(C(=O)O)N2C(=O)C(NC(=O)C(Sc3cccc(Cl)c3)c3csc(N)n3)[C@@H]2SC1. The number of aryl methyl sites for hydroxylation is 1. The Bertz CT molecular complexity index is 1450. The molecule has 12 nitrogen and oxygen atoms in total. The minimum absolute atomic E-state index is 0.0657. The predicted molar refractivity (Wildman–Crippen MR) is 146 cm³/mol. The summed E-state index contributed by atoms with van der Waals surface area (Å²) in [7, 11) is 1.69.